The Balaban J connectivity index is 2.34. The topological polar surface area (TPSA) is 38.0 Å². The van der Waals surface area contributed by atoms with Gasteiger partial charge in [-0.05, 0) is 59.1 Å². The predicted octanol–water partition coefficient (Wildman–Crippen LogP) is 4.44. The Morgan fingerprint density at radius 3 is 2.32 bits per heavy atom. The Morgan fingerprint density at radius 2 is 1.79 bits per heavy atom. The van der Waals surface area contributed by atoms with Crippen LogP contribution in [0.1, 0.15) is 16.7 Å². The lowest BCUT2D eigenvalue weighted by Gasteiger charge is -2.13. The molecule has 4 heteroatoms. The molecule has 0 saturated carbocycles. The summed E-state index contributed by atoms with van der Waals surface area (Å²) in [6.45, 7) is 4.18. The zero-order valence-electron chi connectivity index (χ0n) is 10.8. The minimum Gasteiger partial charge on any atom is -0.389 e. The smallest absolute Gasteiger partial charge is 0.105 e. The zero-order valence-corrected chi connectivity index (χ0v) is 13.2. The Labute approximate surface area is 127 Å². The Bertz CT molecular complexity index is 618. The van der Waals surface area contributed by atoms with Gasteiger partial charge < -0.3 is 11.1 Å². The van der Waals surface area contributed by atoms with E-state index in [0.717, 1.165) is 21.4 Å². The molecule has 0 amide bonds. The third-order valence-electron chi connectivity index (χ3n) is 2.99. The zero-order chi connectivity index (χ0) is 14.0. The molecule has 0 aliphatic carbocycles. The second-order valence-electron chi connectivity index (χ2n) is 4.45. The van der Waals surface area contributed by atoms with E-state index in [1.54, 1.807) is 0 Å². The second-order valence-corrected chi connectivity index (χ2v) is 5.74. The van der Waals surface area contributed by atoms with E-state index in [2.05, 4.69) is 53.3 Å². The minimum absolute atomic E-state index is 0.394. The largest absolute Gasteiger partial charge is 0.389 e. The SMILES string of the molecule is Cc1cccc(C)c1Nc1ccc(C(N)=S)c(Br)c1. The lowest BCUT2D eigenvalue weighted by Crippen LogP contribution is -2.10. The van der Waals surface area contributed by atoms with Gasteiger partial charge in [-0.2, -0.15) is 0 Å². The molecule has 0 fully saturated rings. The molecule has 2 aromatic carbocycles. The number of nitrogens with one attached hydrogen (secondary N) is 1. The molecule has 0 bridgehead atoms. The summed E-state index contributed by atoms with van der Waals surface area (Å²) in [6, 6.07) is 12.1. The van der Waals surface area contributed by atoms with E-state index in [4.69, 9.17) is 18.0 Å². The van der Waals surface area contributed by atoms with Gasteiger partial charge in [-0.25, -0.2) is 0 Å². The fraction of sp³-hybridized carbons (Fsp3) is 0.133. The molecule has 0 unspecified atom stereocenters. The van der Waals surface area contributed by atoms with Crippen LogP contribution < -0.4 is 11.1 Å². The molecule has 2 nitrogen and oxygen atoms in total. The van der Waals surface area contributed by atoms with Gasteiger partial charge in [0.25, 0.3) is 0 Å². The van der Waals surface area contributed by atoms with Gasteiger partial charge in [0, 0.05) is 21.4 Å². The highest BCUT2D eigenvalue weighted by Crippen LogP contribution is 2.27. The summed E-state index contributed by atoms with van der Waals surface area (Å²) >= 11 is 8.48. The number of rotatable bonds is 3. The summed E-state index contributed by atoms with van der Waals surface area (Å²) in [5.41, 5.74) is 11.1. The van der Waals surface area contributed by atoms with Crippen LogP contribution in [0.5, 0.6) is 0 Å². The molecule has 0 saturated heterocycles. The van der Waals surface area contributed by atoms with Gasteiger partial charge >= 0.3 is 0 Å². The summed E-state index contributed by atoms with van der Waals surface area (Å²) in [5, 5.41) is 3.43. The van der Waals surface area contributed by atoms with Crippen molar-refractivity contribution in [2.75, 3.05) is 5.32 Å². The van der Waals surface area contributed by atoms with Gasteiger partial charge in [0.2, 0.25) is 0 Å². The van der Waals surface area contributed by atoms with Crippen LogP contribution in [0.2, 0.25) is 0 Å². The van der Waals surface area contributed by atoms with E-state index in [9.17, 15) is 0 Å². The molecule has 0 aliphatic heterocycles. The molecule has 0 radical (unpaired) electrons. The quantitative estimate of drug-likeness (QED) is 0.814. The van der Waals surface area contributed by atoms with Crippen molar-refractivity contribution >= 4 is 44.5 Å². The molecular formula is C15H15BrN2S. The number of benzene rings is 2. The van der Waals surface area contributed by atoms with Gasteiger partial charge in [0.05, 0.1) is 0 Å². The normalized spacial score (nSPS) is 10.3. The molecular weight excluding hydrogens is 320 g/mol. The summed E-state index contributed by atoms with van der Waals surface area (Å²) in [7, 11) is 0. The first-order valence-electron chi connectivity index (χ1n) is 5.91. The Hall–Kier alpha value is -1.39. The van der Waals surface area contributed by atoms with E-state index >= 15 is 0 Å². The molecule has 0 spiro atoms. The van der Waals surface area contributed by atoms with Crippen molar-refractivity contribution in [3.8, 4) is 0 Å². The molecule has 3 N–H and O–H groups in total. The molecule has 0 atom stereocenters. The van der Waals surface area contributed by atoms with Crippen molar-refractivity contribution in [1.29, 1.82) is 0 Å². The summed E-state index contributed by atoms with van der Waals surface area (Å²) < 4.78 is 0.899. The van der Waals surface area contributed by atoms with E-state index in [-0.39, 0.29) is 0 Å². The number of para-hydroxylation sites is 1. The summed E-state index contributed by atoms with van der Waals surface area (Å²) in [4.78, 5) is 0.394. The number of anilines is 2. The molecule has 0 heterocycles. The van der Waals surface area contributed by atoms with Crippen LogP contribution >= 0.6 is 28.1 Å². The van der Waals surface area contributed by atoms with Crippen LogP contribution in [0, 0.1) is 13.8 Å². The highest BCUT2D eigenvalue weighted by Gasteiger charge is 2.06. The molecule has 2 rings (SSSR count). The minimum atomic E-state index is 0.394. The Kier molecular flexibility index (Phi) is 4.22. The van der Waals surface area contributed by atoms with Crippen molar-refractivity contribution in [3.05, 3.63) is 57.6 Å². The average molecular weight is 335 g/mol. The maximum atomic E-state index is 5.65. The van der Waals surface area contributed by atoms with Gasteiger partial charge in [-0.15, -0.1) is 0 Å². The van der Waals surface area contributed by atoms with Gasteiger partial charge in [0.1, 0.15) is 4.99 Å². The van der Waals surface area contributed by atoms with Crippen LogP contribution in [0.4, 0.5) is 11.4 Å². The number of aryl methyl sites for hydroxylation is 2. The third-order valence-corrected chi connectivity index (χ3v) is 3.86. The van der Waals surface area contributed by atoms with Crippen molar-refractivity contribution in [2.24, 2.45) is 5.73 Å². The molecule has 0 aromatic heterocycles. The number of halogens is 1. The first-order valence-corrected chi connectivity index (χ1v) is 7.12. The molecule has 98 valence electrons. The van der Waals surface area contributed by atoms with Gasteiger partial charge in [-0.1, -0.05) is 30.4 Å². The van der Waals surface area contributed by atoms with Crippen molar-refractivity contribution in [1.82, 2.24) is 0 Å². The third kappa shape index (κ3) is 3.14. The number of hydrogen-bond donors (Lipinski definition) is 2. The van der Waals surface area contributed by atoms with Crippen LogP contribution in [-0.4, -0.2) is 4.99 Å². The Morgan fingerprint density at radius 1 is 1.16 bits per heavy atom. The molecule has 2 aromatic rings. The number of nitrogens with two attached hydrogens (primary N) is 1. The first-order chi connectivity index (χ1) is 8.99. The van der Waals surface area contributed by atoms with E-state index in [1.807, 2.05) is 18.2 Å². The predicted molar refractivity (Wildman–Crippen MR) is 89.2 cm³/mol. The van der Waals surface area contributed by atoms with Crippen LogP contribution in [0.3, 0.4) is 0 Å². The number of thiocarbonyl (C=S) groups is 1. The van der Waals surface area contributed by atoms with Gasteiger partial charge in [-0.3, -0.25) is 0 Å². The highest BCUT2D eigenvalue weighted by atomic mass is 79.9. The fourth-order valence-electron chi connectivity index (χ4n) is 1.95. The van der Waals surface area contributed by atoms with E-state index in [0.29, 0.717) is 4.99 Å². The fourth-order valence-corrected chi connectivity index (χ4v) is 2.85. The van der Waals surface area contributed by atoms with Crippen LogP contribution in [0.15, 0.2) is 40.9 Å². The lowest BCUT2D eigenvalue weighted by atomic mass is 10.1. The standard InChI is InChI=1S/C15H15BrN2S/c1-9-4-3-5-10(2)14(9)18-11-6-7-12(15(17)19)13(16)8-11/h3-8,18H,1-2H3,(H2,17,19). The summed E-state index contributed by atoms with van der Waals surface area (Å²) in [6.07, 6.45) is 0. The van der Waals surface area contributed by atoms with Crippen molar-refractivity contribution < 1.29 is 0 Å². The van der Waals surface area contributed by atoms with E-state index < -0.39 is 0 Å². The van der Waals surface area contributed by atoms with Gasteiger partial charge in [0.15, 0.2) is 0 Å². The monoisotopic (exact) mass is 334 g/mol. The first kappa shape index (κ1) is 14.0. The second kappa shape index (κ2) is 5.72. The highest BCUT2D eigenvalue weighted by molar-refractivity contribution is 9.10. The van der Waals surface area contributed by atoms with Crippen LogP contribution in [-0.2, 0) is 0 Å². The average Bonchev–Trinajstić information content (AvgIpc) is 2.33. The maximum absolute atomic E-state index is 5.65. The lowest BCUT2D eigenvalue weighted by molar-refractivity contribution is 1.36. The van der Waals surface area contributed by atoms with Crippen molar-refractivity contribution in [3.63, 3.8) is 0 Å². The molecule has 0 aliphatic rings. The maximum Gasteiger partial charge on any atom is 0.105 e. The number of hydrogen-bond acceptors (Lipinski definition) is 2. The summed E-state index contributed by atoms with van der Waals surface area (Å²) in [5.74, 6) is 0. The molecule has 19 heavy (non-hydrogen) atoms. The van der Waals surface area contributed by atoms with Crippen molar-refractivity contribution in [2.45, 2.75) is 13.8 Å². The van der Waals surface area contributed by atoms with Crippen LogP contribution in [0.25, 0.3) is 0 Å². The van der Waals surface area contributed by atoms with E-state index in [1.165, 1.54) is 11.1 Å².